The lowest BCUT2D eigenvalue weighted by Crippen LogP contribution is -2.37. The number of aryl methyl sites for hydroxylation is 1. The molecule has 0 saturated carbocycles. The van der Waals surface area contributed by atoms with E-state index in [1.807, 2.05) is 11.3 Å². The lowest BCUT2D eigenvalue weighted by molar-refractivity contribution is 0.225. The van der Waals surface area contributed by atoms with Crippen molar-refractivity contribution in [1.29, 1.82) is 0 Å². The Hall–Kier alpha value is 0.350. The van der Waals surface area contributed by atoms with Gasteiger partial charge in [-0.2, -0.15) is 0 Å². The van der Waals surface area contributed by atoms with Crippen LogP contribution in [-0.4, -0.2) is 31.1 Å². The number of thiophene rings is 1. The number of nitrogens with zero attached hydrogens (tertiary/aromatic N) is 1. The molecule has 1 N–H and O–H groups in total. The van der Waals surface area contributed by atoms with Crippen molar-refractivity contribution in [2.24, 2.45) is 0 Å². The minimum Gasteiger partial charge on any atom is -0.309 e. The molecule has 1 fully saturated rings. The van der Waals surface area contributed by atoms with Crippen LogP contribution in [0.5, 0.6) is 0 Å². The summed E-state index contributed by atoms with van der Waals surface area (Å²) in [5.74, 6) is 0. The second-order valence-electron chi connectivity index (χ2n) is 5.73. The van der Waals surface area contributed by atoms with Crippen molar-refractivity contribution in [3.05, 3.63) is 19.4 Å². The third kappa shape index (κ3) is 3.71. The van der Waals surface area contributed by atoms with Crippen molar-refractivity contribution in [3.63, 3.8) is 0 Å². The maximum Gasteiger partial charge on any atom is 0.0659 e. The summed E-state index contributed by atoms with van der Waals surface area (Å²) < 4.78 is 1.45. The van der Waals surface area contributed by atoms with E-state index < -0.39 is 0 Å². The Morgan fingerprint density at radius 1 is 1.26 bits per heavy atom. The zero-order valence-electron chi connectivity index (χ0n) is 11.5. The van der Waals surface area contributed by atoms with Crippen molar-refractivity contribution < 1.29 is 0 Å². The second-order valence-corrected chi connectivity index (χ2v) is 8.76. The smallest absolute Gasteiger partial charge is 0.0659 e. The highest BCUT2D eigenvalue weighted by atomic mass is 127. The molecule has 106 valence electrons. The third-order valence-electron chi connectivity index (χ3n) is 4.35. The van der Waals surface area contributed by atoms with E-state index in [0.717, 1.165) is 6.54 Å². The van der Waals surface area contributed by atoms with E-state index in [9.17, 15) is 0 Å². The fraction of sp³-hybridized carbons (Fsp3) is 0.733. The van der Waals surface area contributed by atoms with Crippen LogP contribution in [0.3, 0.4) is 0 Å². The first-order valence-corrected chi connectivity index (χ1v) is 9.46. The van der Waals surface area contributed by atoms with Gasteiger partial charge in [0.2, 0.25) is 0 Å². The largest absolute Gasteiger partial charge is 0.309 e. The minimum absolute atomic E-state index is 0.619. The molecule has 0 radical (unpaired) electrons. The zero-order valence-corrected chi connectivity index (χ0v) is 14.4. The molecule has 2 heterocycles. The third-order valence-corrected chi connectivity index (χ3v) is 6.32. The van der Waals surface area contributed by atoms with Crippen LogP contribution in [-0.2, 0) is 6.42 Å². The maximum atomic E-state index is 3.80. The summed E-state index contributed by atoms with van der Waals surface area (Å²) in [4.78, 5) is 4.25. The van der Waals surface area contributed by atoms with Crippen molar-refractivity contribution in [2.45, 2.75) is 44.6 Å². The number of hydrogen-bond donors (Lipinski definition) is 1. The van der Waals surface area contributed by atoms with E-state index in [0.29, 0.717) is 6.04 Å². The van der Waals surface area contributed by atoms with Crippen molar-refractivity contribution in [3.8, 4) is 0 Å². The lowest BCUT2D eigenvalue weighted by atomic mass is 9.94. The summed E-state index contributed by atoms with van der Waals surface area (Å²) in [6.45, 7) is 5.01. The van der Waals surface area contributed by atoms with Crippen molar-refractivity contribution in [1.82, 2.24) is 10.2 Å². The number of nitrogens with one attached hydrogen (secondary N) is 1. The Morgan fingerprint density at radius 2 is 2.11 bits per heavy atom. The van der Waals surface area contributed by atoms with Crippen LogP contribution in [0.2, 0.25) is 0 Å². The van der Waals surface area contributed by atoms with Crippen LogP contribution < -0.4 is 5.32 Å². The van der Waals surface area contributed by atoms with Gasteiger partial charge in [0, 0.05) is 24.0 Å². The predicted octanol–water partition coefficient (Wildman–Crippen LogP) is 3.81. The Kier molecular flexibility index (Phi) is 5.17. The van der Waals surface area contributed by atoms with Gasteiger partial charge in [0.05, 0.1) is 2.88 Å². The minimum atomic E-state index is 0.619. The fourth-order valence-corrected chi connectivity index (χ4v) is 5.43. The van der Waals surface area contributed by atoms with Gasteiger partial charge in [0.1, 0.15) is 0 Å². The Labute approximate surface area is 134 Å². The number of fused-ring (bicyclic) bond motifs is 1. The molecule has 1 saturated heterocycles. The molecule has 2 aliphatic rings. The molecule has 1 unspecified atom stereocenters. The monoisotopic (exact) mass is 390 g/mol. The van der Waals surface area contributed by atoms with E-state index in [-0.39, 0.29) is 0 Å². The average Bonchev–Trinajstić information content (AvgIpc) is 2.81. The summed E-state index contributed by atoms with van der Waals surface area (Å²) in [7, 11) is 0. The van der Waals surface area contributed by atoms with E-state index >= 15 is 0 Å². The normalized spacial score (nSPS) is 24.4. The molecule has 1 aromatic heterocycles. The van der Waals surface area contributed by atoms with E-state index in [2.05, 4.69) is 38.9 Å². The van der Waals surface area contributed by atoms with Gasteiger partial charge in [-0.3, -0.25) is 0 Å². The van der Waals surface area contributed by atoms with E-state index in [1.165, 1.54) is 61.0 Å². The molecule has 1 aliphatic carbocycles. The van der Waals surface area contributed by atoms with Crippen LogP contribution in [0.15, 0.2) is 6.07 Å². The van der Waals surface area contributed by atoms with Crippen LogP contribution in [0.1, 0.15) is 48.6 Å². The first kappa shape index (κ1) is 14.3. The number of piperidine rings is 1. The van der Waals surface area contributed by atoms with Gasteiger partial charge >= 0.3 is 0 Å². The molecule has 1 atom stereocenters. The highest BCUT2D eigenvalue weighted by Crippen LogP contribution is 2.36. The molecule has 3 rings (SSSR count). The summed E-state index contributed by atoms with van der Waals surface area (Å²) in [6, 6.07) is 3.02. The number of hydrogen-bond acceptors (Lipinski definition) is 3. The van der Waals surface area contributed by atoms with E-state index in [1.54, 1.807) is 10.4 Å². The van der Waals surface area contributed by atoms with Gasteiger partial charge in [-0.15, -0.1) is 11.3 Å². The quantitative estimate of drug-likeness (QED) is 0.787. The maximum absolute atomic E-state index is 3.80. The van der Waals surface area contributed by atoms with Crippen molar-refractivity contribution >= 4 is 33.9 Å². The van der Waals surface area contributed by atoms with Gasteiger partial charge in [-0.05, 0) is 79.4 Å². The van der Waals surface area contributed by atoms with Gasteiger partial charge in [-0.25, -0.2) is 0 Å². The van der Waals surface area contributed by atoms with E-state index in [4.69, 9.17) is 0 Å². The molecular formula is C15H23IN2S. The molecule has 1 aromatic rings. The summed E-state index contributed by atoms with van der Waals surface area (Å²) in [5.41, 5.74) is 1.60. The molecule has 0 aromatic carbocycles. The van der Waals surface area contributed by atoms with Crippen LogP contribution in [0, 0.1) is 2.88 Å². The molecule has 1 aliphatic heterocycles. The lowest BCUT2D eigenvalue weighted by Gasteiger charge is -2.28. The standard InChI is InChI=1S/C15H23IN2S/c16-15-11-12-13(5-4-6-14(12)19-15)17-7-10-18-8-2-1-3-9-18/h11,13,17H,1-10H2. The Morgan fingerprint density at radius 3 is 2.95 bits per heavy atom. The first-order valence-electron chi connectivity index (χ1n) is 7.57. The molecule has 0 spiro atoms. The molecule has 19 heavy (non-hydrogen) atoms. The van der Waals surface area contributed by atoms with Crippen LogP contribution in [0.4, 0.5) is 0 Å². The zero-order chi connectivity index (χ0) is 13.1. The fourth-order valence-electron chi connectivity index (χ4n) is 3.31. The topological polar surface area (TPSA) is 15.3 Å². The van der Waals surface area contributed by atoms with Gasteiger partial charge < -0.3 is 10.2 Å². The molecule has 0 bridgehead atoms. The summed E-state index contributed by atoms with van der Waals surface area (Å²) >= 11 is 4.46. The van der Waals surface area contributed by atoms with Crippen LogP contribution >= 0.6 is 33.9 Å². The highest BCUT2D eigenvalue weighted by Gasteiger charge is 2.22. The molecule has 0 amide bonds. The van der Waals surface area contributed by atoms with Gasteiger partial charge in [-0.1, -0.05) is 6.42 Å². The number of rotatable bonds is 4. The second kappa shape index (κ2) is 6.87. The SMILES string of the molecule is Ic1cc2c(s1)CCCC2NCCN1CCCCC1. The predicted molar refractivity (Wildman–Crippen MR) is 91.0 cm³/mol. The molecular weight excluding hydrogens is 367 g/mol. The Bertz CT molecular complexity index is 412. The Balaban J connectivity index is 1.50. The summed E-state index contributed by atoms with van der Waals surface area (Å²) in [6.07, 6.45) is 8.20. The van der Waals surface area contributed by atoms with Gasteiger partial charge in [0.25, 0.3) is 0 Å². The molecule has 2 nitrogen and oxygen atoms in total. The number of halogens is 1. The average molecular weight is 390 g/mol. The van der Waals surface area contributed by atoms with Crippen LogP contribution in [0.25, 0.3) is 0 Å². The highest BCUT2D eigenvalue weighted by molar-refractivity contribution is 14.1. The number of likely N-dealkylation sites (tertiary alicyclic amines) is 1. The van der Waals surface area contributed by atoms with Gasteiger partial charge in [0.15, 0.2) is 0 Å². The molecule has 4 heteroatoms. The van der Waals surface area contributed by atoms with Crippen molar-refractivity contribution in [2.75, 3.05) is 26.2 Å². The summed E-state index contributed by atoms with van der Waals surface area (Å²) in [5, 5.41) is 3.80. The first-order chi connectivity index (χ1) is 9.33.